The lowest BCUT2D eigenvalue weighted by Crippen LogP contribution is -2.40. The summed E-state index contributed by atoms with van der Waals surface area (Å²) in [7, 11) is -3.03. The van der Waals surface area contributed by atoms with Crippen LogP contribution in [-0.4, -0.2) is 63.5 Å². The highest BCUT2D eigenvalue weighted by molar-refractivity contribution is 14.1. The maximum Gasteiger partial charge on any atom is 0.695 e. The Morgan fingerprint density at radius 1 is 1.19 bits per heavy atom. The van der Waals surface area contributed by atoms with Gasteiger partial charge in [-0.3, -0.25) is 19.1 Å². The van der Waals surface area contributed by atoms with Gasteiger partial charge in [-0.15, -0.1) is 9.42 Å². The van der Waals surface area contributed by atoms with Crippen LogP contribution in [0, 0.1) is 3.57 Å². The van der Waals surface area contributed by atoms with Gasteiger partial charge >= 0.3 is 13.9 Å². The van der Waals surface area contributed by atoms with Crippen LogP contribution < -0.4 is 16.6 Å². The number of nitrogens with one attached hydrogen (secondary N) is 2. The van der Waals surface area contributed by atoms with E-state index in [4.69, 9.17) is 14.0 Å². The molecule has 1 aliphatic rings. The normalized spacial score (nSPS) is 21.9. The third-order valence-corrected chi connectivity index (χ3v) is 6.65. The molecule has 4 N–H and O–H groups in total. The molecule has 36 heavy (non-hydrogen) atoms. The summed E-state index contributed by atoms with van der Waals surface area (Å²) in [5.41, 5.74) is -0.724. The summed E-state index contributed by atoms with van der Waals surface area (Å²) < 4.78 is 30.0. The molecule has 5 atom stereocenters. The van der Waals surface area contributed by atoms with Gasteiger partial charge in [-0.1, -0.05) is 18.9 Å². The second-order valence-corrected chi connectivity index (χ2v) is 10.0. The van der Waals surface area contributed by atoms with E-state index in [-0.39, 0.29) is 12.5 Å². The van der Waals surface area contributed by atoms with Crippen LogP contribution in [0.3, 0.4) is 0 Å². The summed E-state index contributed by atoms with van der Waals surface area (Å²) in [5.74, 6) is -0.117. The molecule has 0 aliphatic carbocycles. The minimum Gasteiger partial charge on any atom is -0.394 e. The number of nitrogens with zero attached hydrogens (tertiary/aromatic N) is 1. The van der Waals surface area contributed by atoms with E-state index in [1.165, 1.54) is 6.20 Å². The lowest BCUT2D eigenvalue weighted by atomic mass is 10.1. The Labute approximate surface area is 221 Å². The monoisotopic (exact) mass is 636 g/mol. The number of hydrogen-bond acceptors (Lipinski definition) is 8. The molecule has 0 bridgehead atoms. The summed E-state index contributed by atoms with van der Waals surface area (Å²) in [5, 5.41) is 12.5. The molecule has 1 saturated heterocycles. The highest BCUT2D eigenvalue weighted by Gasteiger charge is 2.51. The van der Waals surface area contributed by atoms with Crippen LogP contribution in [0.25, 0.3) is 0 Å². The quantitative estimate of drug-likeness (QED) is 0.144. The van der Waals surface area contributed by atoms with E-state index in [1.54, 1.807) is 6.07 Å². The molecular formula is C22H28IN3O9P+. The van der Waals surface area contributed by atoms with E-state index < -0.39 is 50.7 Å². The molecule has 14 heteroatoms. The Balaban J connectivity index is 1.49. The van der Waals surface area contributed by atoms with E-state index in [9.17, 15) is 28.9 Å². The maximum absolute atomic E-state index is 12.3. The summed E-state index contributed by atoms with van der Waals surface area (Å²) in [6.07, 6.45) is 0.0818. The molecule has 12 nitrogen and oxygen atoms in total. The molecule has 1 aromatic heterocycles. The molecule has 2 heterocycles. The molecular weight excluding hydrogens is 608 g/mol. The van der Waals surface area contributed by atoms with Gasteiger partial charge in [0.15, 0.2) is 12.3 Å². The third-order valence-electron chi connectivity index (χ3n) is 5.56. The van der Waals surface area contributed by atoms with Gasteiger partial charge in [-0.05, 0) is 53.6 Å². The van der Waals surface area contributed by atoms with Gasteiger partial charge < -0.3 is 19.9 Å². The number of rotatable bonds is 13. The topological polar surface area (TPSA) is 169 Å². The van der Waals surface area contributed by atoms with Crippen molar-refractivity contribution in [2.24, 2.45) is 0 Å². The molecule has 2 aromatic rings. The van der Waals surface area contributed by atoms with Crippen molar-refractivity contribution in [2.45, 2.75) is 50.2 Å². The molecule has 196 valence electrons. The number of ether oxygens (including phenoxy) is 2. The molecule has 0 spiro atoms. The standard InChI is InChI=1S/C22H27IN3O9P/c23-15-7-5-6-14(12-15)20(29)24-9-3-1-2-4-11-33-19-18(35-36(31)32)16(13-27)34-21(19)26-10-8-17(28)25-22(26)30/h5-8,10,12,16,18-19,21,27H,1-4,9,11,13H2,(H2-,24,25,28,29,30,31,32)/p+1/t16-,18+,19?,21-/m1/s1. The van der Waals surface area contributed by atoms with Gasteiger partial charge in [0.1, 0.15) is 12.2 Å². The zero-order chi connectivity index (χ0) is 26.1. The number of benzene rings is 1. The number of carbonyl (C=O) groups is 1. The second kappa shape index (κ2) is 14.1. The van der Waals surface area contributed by atoms with E-state index in [1.807, 2.05) is 18.2 Å². The van der Waals surface area contributed by atoms with Gasteiger partial charge in [-0.25, -0.2) is 4.79 Å². The molecule has 1 fully saturated rings. The van der Waals surface area contributed by atoms with Crippen LogP contribution >= 0.6 is 30.8 Å². The van der Waals surface area contributed by atoms with E-state index >= 15 is 0 Å². The first-order valence-electron chi connectivity index (χ1n) is 11.4. The number of aromatic amines is 1. The molecule has 2 unspecified atom stereocenters. The fourth-order valence-corrected chi connectivity index (χ4v) is 4.86. The van der Waals surface area contributed by atoms with Crippen LogP contribution in [0.2, 0.25) is 0 Å². The largest absolute Gasteiger partial charge is 0.695 e. The fraction of sp³-hybridized carbons (Fsp3) is 0.500. The zero-order valence-corrected chi connectivity index (χ0v) is 22.3. The lowest BCUT2D eigenvalue weighted by Gasteiger charge is -2.22. The minimum absolute atomic E-state index is 0.117. The van der Waals surface area contributed by atoms with Crippen molar-refractivity contribution < 1.29 is 33.4 Å². The highest BCUT2D eigenvalue weighted by Crippen LogP contribution is 2.37. The predicted molar refractivity (Wildman–Crippen MR) is 137 cm³/mol. The molecule has 0 saturated carbocycles. The van der Waals surface area contributed by atoms with Crippen LogP contribution in [0.5, 0.6) is 0 Å². The predicted octanol–water partition coefficient (Wildman–Crippen LogP) is 1.44. The zero-order valence-electron chi connectivity index (χ0n) is 19.2. The lowest BCUT2D eigenvalue weighted by molar-refractivity contribution is -0.0744. The number of H-pyrrole nitrogens is 1. The average molecular weight is 636 g/mol. The molecule has 1 aromatic carbocycles. The summed E-state index contributed by atoms with van der Waals surface area (Å²) in [6.45, 7) is 0.240. The number of aliphatic hydroxyl groups is 1. The van der Waals surface area contributed by atoms with E-state index in [0.29, 0.717) is 18.5 Å². The summed E-state index contributed by atoms with van der Waals surface area (Å²) >= 11 is 2.16. The van der Waals surface area contributed by atoms with E-state index in [2.05, 4.69) is 32.9 Å². The number of unbranched alkanes of at least 4 members (excludes halogenated alkanes) is 3. The van der Waals surface area contributed by atoms with Crippen LogP contribution in [-0.2, 0) is 18.6 Å². The molecule has 0 radical (unpaired) electrons. The Kier molecular flexibility index (Phi) is 11.2. The minimum atomic E-state index is -3.03. The fourth-order valence-electron chi connectivity index (χ4n) is 3.85. The number of hydrogen-bond donors (Lipinski definition) is 4. The first-order valence-corrected chi connectivity index (χ1v) is 13.6. The van der Waals surface area contributed by atoms with E-state index in [0.717, 1.165) is 33.5 Å². The smallest absolute Gasteiger partial charge is 0.394 e. The van der Waals surface area contributed by atoms with Crippen molar-refractivity contribution >= 4 is 36.8 Å². The van der Waals surface area contributed by atoms with Crippen molar-refractivity contribution in [3.8, 4) is 0 Å². The maximum atomic E-state index is 12.3. The van der Waals surface area contributed by atoms with Crippen molar-refractivity contribution in [3.63, 3.8) is 0 Å². The number of amides is 1. The Bertz CT molecular complexity index is 1160. The third kappa shape index (κ3) is 8.00. The number of aromatic nitrogens is 2. The number of aliphatic hydroxyl groups excluding tert-OH is 1. The van der Waals surface area contributed by atoms with Gasteiger partial charge in [0.25, 0.3) is 11.5 Å². The van der Waals surface area contributed by atoms with Gasteiger partial charge in [-0.2, -0.15) is 0 Å². The van der Waals surface area contributed by atoms with Crippen molar-refractivity contribution in [1.82, 2.24) is 14.9 Å². The second-order valence-electron chi connectivity index (χ2n) is 8.09. The highest BCUT2D eigenvalue weighted by atomic mass is 127. The first kappa shape index (κ1) is 28.6. The van der Waals surface area contributed by atoms with Gasteiger partial charge in [0, 0.05) is 39.1 Å². The Morgan fingerprint density at radius 3 is 2.67 bits per heavy atom. The average Bonchev–Trinajstić information content (AvgIpc) is 3.16. The SMILES string of the molecule is O=C(NCCCCCCOC1[C@@H](O[P+](=O)O)[C@@H](CO)O[C@H]1n1ccc(=O)[nH]c1=O)c1cccc(I)c1. The van der Waals surface area contributed by atoms with Crippen LogP contribution in [0.15, 0.2) is 46.1 Å². The van der Waals surface area contributed by atoms with Crippen molar-refractivity contribution in [3.05, 3.63) is 66.5 Å². The summed E-state index contributed by atoms with van der Waals surface area (Å²) in [4.78, 5) is 47.2. The van der Waals surface area contributed by atoms with Crippen LogP contribution in [0.1, 0.15) is 42.3 Å². The van der Waals surface area contributed by atoms with Gasteiger partial charge in [0.2, 0.25) is 0 Å². The number of carbonyl (C=O) groups excluding carboxylic acids is 1. The first-order chi connectivity index (χ1) is 17.3. The van der Waals surface area contributed by atoms with Crippen LogP contribution in [0.4, 0.5) is 0 Å². The molecule has 1 aliphatic heterocycles. The van der Waals surface area contributed by atoms with Crippen molar-refractivity contribution in [1.29, 1.82) is 0 Å². The van der Waals surface area contributed by atoms with Crippen molar-refractivity contribution in [2.75, 3.05) is 19.8 Å². The molecule has 3 rings (SSSR count). The summed E-state index contributed by atoms with van der Waals surface area (Å²) in [6, 6.07) is 8.47. The Morgan fingerprint density at radius 2 is 1.97 bits per heavy atom. The van der Waals surface area contributed by atoms with Gasteiger partial charge in [0.05, 0.1) is 6.61 Å². The number of halogens is 1. The molecule has 1 amide bonds. The Hall–Kier alpha value is -2.00.